The number of allylic oxidation sites excluding steroid dienone is 4. The Hall–Kier alpha value is -1.64. The van der Waals surface area contributed by atoms with Gasteiger partial charge in [-0.2, -0.15) is 0 Å². The van der Waals surface area contributed by atoms with Crippen molar-refractivity contribution in [2.75, 3.05) is 0 Å². The second-order valence-corrected chi connectivity index (χ2v) is 3.92. The van der Waals surface area contributed by atoms with Gasteiger partial charge in [0.1, 0.15) is 0 Å². The molecule has 0 bridgehead atoms. The maximum Gasteiger partial charge on any atom is 0.0784 e. The van der Waals surface area contributed by atoms with Crippen molar-refractivity contribution in [2.24, 2.45) is 11.5 Å². The van der Waals surface area contributed by atoms with Gasteiger partial charge >= 0.3 is 0 Å². The largest absolute Gasteiger partial charge is 0.312 e. The maximum atomic E-state index is 5.54. The highest BCUT2D eigenvalue weighted by molar-refractivity contribution is 5.62. The van der Waals surface area contributed by atoms with Crippen LogP contribution >= 0.6 is 0 Å². The lowest BCUT2D eigenvalue weighted by Crippen LogP contribution is -2.33. The Balaban J connectivity index is 4.91. The molecule has 0 unspecified atom stereocenters. The van der Waals surface area contributed by atoms with E-state index in [0.29, 0.717) is 22.3 Å². The van der Waals surface area contributed by atoms with Crippen LogP contribution in [0.1, 0.15) is 13.3 Å². The molecule has 0 aliphatic heterocycles. The second kappa shape index (κ2) is 6.18. The lowest BCUT2D eigenvalue weighted by Gasteiger charge is -2.18. The van der Waals surface area contributed by atoms with E-state index < -0.39 is 6.17 Å². The molecular weight excluding hydrogens is 208 g/mol. The first-order valence-corrected chi connectivity index (χ1v) is 5.39. The summed E-state index contributed by atoms with van der Waals surface area (Å²) in [5.74, 6) is 0. The van der Waals surface area contributed by atoms with Crippen LogP contribution in [0.2, 0.25) is 0 Å². The molecule has 0 aliphatic rings. The van der Waals surface area contributed by atoms with E-state index in [0.717, 1.165) is 17.6 Å². The third-order valence-electron chi connectivity index (χ3n) is 2.74. The molecule has 2 heteroatoms. The average molecular weight is 230 g/mol. The molecule has 0 spiro atoms. The Morgan fingerprint density at radius 2 is 1.24 bits per heavy atom. The summed E-state index contributed by atoms with van der Waals surface area (Å²) in [5.41, 5.74) is 15.3. The Bertz CT molecular complexity index is 409. The fourth-order valence-electron chi connectivity index (χ4n) is 1.19. The van der Waals surface area contributed by atoms with Crippen molar-refractivity contribution >= 4 is 0 Å². The van der Waals surface area contributed by atoms with E-state index in [4.69, 9.17) is 11.5 Å². The zero-order valence-electron chi connectivity index (χ0n) is 10.7. The SMILES string of the molecule is C=C(CC)C(=C)C(=C)C(=C)C(=C)C(=C)C(N)N. The first-order valence-electron chi connectivity index (χ1n) is 5.39. The highest BCUT2D eigenvalue weighted by atomic mass is 14.8. The van der Waals surface area contributed by atoms with Crippen LogP contribution in [0.5, 0.6) is 0 Å². The number of hydrogen-bond donors (Lipinski definition) is 2. The summed E-state index contributed by atoms with van der Waals surface area (Å²) in [6.45, 7) is 25.4. The lowest BCUT2D eigenvalue weighted by molar-refractivity contribution is 0.832. The molecule has 17 heavy (non-hydrogen) atoms. The van der Waals surface area contributed by atoms with Crippen LogP contribution < -0.4 is 11.5 Å². The molecule has 2 nitrogen and oxygen atoms in total. The zero-order valence-corrected chi connectivity index (χ0v) is 10.7. The summed E-state index contributed by atoms with van der Waals surface area (Å²) in [7, 11) is 0. The van der Waals surface area contributed by atoms with E-state index in [1.807, 2.05) is 6.92 Å². The molecule has 0 aromatic rings. The summed E-state index contributed by atoms with van der Waals surface area (Å²) in [6, 6.07) is 0. The normalized spacial score (nSPS) is 9.88. The van der Waals surface area contributed by atoms with Gasteiger partial charge in [0.05, 0.1) is 6.17 Å². The Morgan fingerprint density at radius 1 is 0.824 bits per heavy atom. The molecule has 4 N–H and O–H groups in total. The molecule has 0 fully saturated rings. The lowest BCUT2D eigenvalue weighted by atomic mass is 9.88. The molecule has 92 valence electrons. The number of hydrogen-bond acceptors (Lipinski definition) is 2. The van der Waals surface area contributed by atoms with Crippen molar-refractivity contribution in [3.8, 4) is 0 Å². The zero-order chi connectivity index (χ0) is 13.7. The van der Waals surface area contributed by atoms with E-state index in [1.54, 1.807) is 0 Å². The minimum atomic E-state index is -0.644. The molecule has 0 radical (unpaired) electrons. The van der Waals surface area contributed by atoms with Crippen molar-refractivity contribution in [3.05, 3.63) is 72.9 Å². The third kappa shape index (κ3) is 3.70. The quantitative estimate of drug-likeness (QED) is 0.522. The van der Waals surface area contributed by atoms with Gasteiger partial charge in [-0.1, -0.05) is 46.4 Å². The molecule has 0 rings (SSSR count). The monoisotopic (exact) mass is 230 g/mol. The molecule has 0 aromatic carbocycles. The van der Waals surface area contributed by atoms with Crippen molar-refractivity contribution < 1.29 is 0 Å². The molecular formula is C15H22N2. The first kappa shape index (κ1) is 15.4. The third-order valence-corrected chi connectivity index (χ3v) is 2.74. The van der Waals surface area contributed by atoms with Crippen LogP contribution in [0.25, 0.3) is 0 Å². The second-order valence-electron chi connectivity index (χ2n) is 3.92. The molecule has 0 saturated carbocycles. The summed E-state index contributed by atoms with van der Waals surface area (Å²) in [5, 5.41) is 0. The molecule has 0 aliphatic carbocycles. The van der Waals surface area contributed by atoms with Gasteiger partial charge < -0.3 is 11.5 Å². The molecule has 0 saturated heterocycles. The highest BCUT2D eigenvalue weighted by Crippen LogP contribution is 2.29. The molecule has 0 heterocycles. The predicted molar refractivity (Wildman–Crippen MR) is 77.3 cm³/mol. The minimum Gasteiger partial charge on any atom is -0.312 e. The van der Waals surface area contributed by atoms with Crippen LogP contribution in [-0.2, 0) is 0 Å². The van der Waals surface area contributed by atoms with Gasteiger partial charge in [-0.05, 0) is 39.9 Å². The van der Waals surface area contributed by atoms with Gasteiger partial charge in [0.2, 0.25) is 0 Å². The summed E-state index contributed by atoms with van der Waals surface area (Å²) in [4.78, 5) is 0. The van der Waals surface area contributed by atoms with Crippen LogP contribution in [0.15, 0.2) is 72.9 Å². The van der Waals surface area contributed by atoms with E-state index in [2.05, 4.69) is 39.5 Å². The summed E-state index contributed by atoms with van der Waals surface area (Å²) < 4.78 is 0. The summed E-state index contributed by atoms with van der Waals surface area (Å²) in [6.07, 6.45) is 0.171. The Morgan fingerprint density at radius 3 is 1.59 bits per heavy atom. The van der Waals surface area contributed by atoms with Gasteiger partial charge in [-0.3, -0.25) is 0 Å². The number of rotatable bonds is 7. The summed E-state index contributed by atoms with van der Waals surface area (Å²) >= 11 is 0. The smallest absolute Gasteiger partial charge is 0.0784 e. The molecule has 0 atom stereocenters. The van der Waals surface area contributed by atoms with Crippen molar-refractivity contribution in [3.63, 3.8) is 0 Å². The first-order chi connectivity index (χ1) is 7.73. The molecule has 0 amide bonds. The van der Waals surface area contributed by atoms with Crippen molar-refractivity contribution in [1.29, 1.82) is 0 Å². The highest BCUT2D eigenvalue weighted by Gasteiger charge is 2.13. The predicted octanol–water partition coefficient (Wildman–Crippen LogP) is 2.98. The van der Waals surface area contributed by atoms with Gasteiger partial charge in [0.25, 0.3) is 0 Å². The maximum absolute atomic E-state index is 5.54. The van der Waals surface area contributed by atoms with Crippen LogP contribution in [-0.4, -0.2) is 6.17 Å². The fourth-order valence-corrected chi connectivity index (χ4v) is 1.19. The van der Waals surface area contributed by atoms with Gasteiger partial charge in [-0.15, -0.1) is 0 Å². The van der Waals surface area contributed by atoms with E-state index in [-0.39, 0.29) is 0 Å². The van der Waals surface area contributed by atoms with Crippen molar-refractivity contribution in [1.82, 2.24) is 0 Å². The molecule has 0 aromatic heterocycles. The average Bonchev–Trinajstić information content (AvgIpc) is 2.32. The van der Waals surface area contributed by atoms with Crippen LogP contribution in [0.3, 0.4) is 0 Å². The fraction of sp³-hybridized carbons (Fsp3) is 0.200. The topological polar surface area (TPSA) is 52.0 Å². The number of nitrogens with two attached hydrogens (primary N) is 2. The standard InChI is InChI=1S/C15H22N2/c1-8-9(2)10(3)11(4)12(5)13(6)14(7)15(16)17/h15H,2-8,16-17H2,1H3. The van der Waals surface area contributed by atoms with Gasteiger partial charge in [0.15, 0.2) is 0 Å². The van der Waals surface area contributed by atoms with Gasteiger partial charge in [-0.25, -0.2) is 0 Å². The van der Waals surface area contributed by atoms with Gasteiger partial charge in [0, 0.05) is 0 Å². The van der Waals surface area contributed by atoms with E-state index in [1.165, 1.54) is 0 Å². The van der Waals surface area contributed by atoms with E-state index in [9.17, 15) is 0 Å². The Kier molecular flexibility index (Phi) is 5.59. The minimum absolute atomic E-state index is 0.547. The van der Waals surface area contributed by atoms with Crippen LogP contribution in [0, 0.1) is 0 Å². The van der Waals surface area contributed by atoms with Crippen molar-refractivity contribution in [2.45, 2.75) is 19.5 Å². The van der Waals surface area contributed by atoms with E-state index >= 15 is 0 Å². The van der Waals surface area contributed by atoms with Crippen LogP contribution in [0.4, 0.5) is 0 Å². The Labute approximate surface area is 104 Å².